The van der Waals surface area contributed by atoms with E-state index in [1.54, 1.807) is 0 Å². The molecule has 1 aliphatic rings. The molecule has 0 saturated carbocycles. The van der Waals surface area contributed by atoms with E-state index < -0.39 is 50.9 Å². The van der Waals surface area contributed by atoms with Crippen LogP contribution in [0.5, 0.6) is 0 Å². The summed E-state index contributed by atoms with van der Waals surface area (Å²) in [6.07, 6.45) is -1.65. The Morgan fingerprint density at radius 1 is 1.37 bits per heavy atom. The number of aliphatic hydroxyl groups is 2. The van der Waals surface area contributed by atoms with Crippen LogP contribution < -0.4 is 11.1 Å². The van der Waals surface area contributed by atoms with Crippen LogP contribution in [0.15, 0.2) is 12.7 Å². The zero-order valence-corrected chi connectivity index (χ0v) is 16.8. The van der Waals surface area contributed by atoms with Gasteiger partial charge in [0.25, 0.3) is 0 Å². The van der Waals surface area contributed by atoms with Crippen molar-refractivity contribution < 1.29 is 38.6 Å². The van der Waals surface area contributed by atoms with Gasteiger partial charge in [0.05, 0.1) is 19.0 Å². The van der Waals surface area contributed by atoms with E-state index in [9.17, 15) is 19.6 Å². The highest BCUT2D eigenvalue weighted by Gasteiger charge is 2.45. The molecule has 1 fully saturated rings. The molecule has 0 aromatic carbocycles. The van der Waals surface area contributed by atoms with E-state index in [2.05, 4.69) is 24.8 Å². The number of nitrogens with zero attached hydrogens (tertiary/aromatic N) is 4. The predicted octanol–water partition coefficient (Wildman–Crippen LogP) is -1.38. The van der Waals surface area contributed by atoms with Crippen molar-refractivity contribution in [1.82, 2.24) is 19.5 Å². The summed E-state index contributed by atoms with van der Waals surface area (Å²) in [7, 11) is -4.78. The lowest BCUT2D eigenvalue weighted by Crippen LogP contribution is -2.35. The summed E-state index contributed by atoms with van der Waals surface area (Å²) < 4.78 is 22.0. The number of nitrogens with two attached hydrogens (primary N) is 1. The van der Waals surface area contributed by atoms with Crippen molar-refractivity contribution in [3.8, 4) is 0 Å². The number of nitrogens with one attached hydrogen (secondary N) is 1. The molecule has 0 radical (unpaired) electrons. The van der Waals surface area contributed by atoms with E-state index >= 15 is 0 Å². The number of hydrogen-bond acceptors (Lipinski definition) is 10. The van der Waals surface area contributed by atoms with Gasteiger partial charge in [-0.05, 0) is 6.42 Å². The minimum Gasteiger partial charge on any atom is -0.387 e. The number of fused-ring (bicyclic) bond motifs is 1. The third kappa shape index (κ3) is 4.82. The molecule has 30 heavy (non-hydrogen) atoms. The van der Waals surface area contributed by atoms with Gasteiger partial charge in [0, 0.05) is 0 Å². The fourth-order valence-corrected chi connectivity index (χ4v) is 3.39. The molecule has 7 N–H and O–H groups in total. The first kappa shape index (κ1) is 22.7. The molecule has 5 atom stereocenters. The molecule has 3 heterocycles. The zero-order valence-electron chi connectivity index (χ0n) is 15.9. The molecule has 2 aromatic heterocycles. The van der Waals surface area contributed by atoms with Crippen molar-refractivity contribution in [2.75, 3.05) is 11.9 Å². The third-order valence-corrected chi connectivity index (χ3v) is 5.04. The number of carbonyl (C=O) groups excluding carboxylic acids is 1. The van der Waals surface area contributed by atoms with Crippen LogP contribution in [0.3, 0.4) is 0 Å². The Morgan fingerprint density at radius 3 is 2.77 bits per heavy atom. The highest BCUT2D eigenvalue weighted by Crippen LogP contribution is 2.38. The second-order valence-electron chi connectivity index (χ2n) is 6.76. The first-order chi connectivity index (χ1) is 14.1. The summed E-state index contributed by atoms with van der Waals surface area (Å²) in [5.74, 6) is -0.321. The second kappa shape index (κ2) is 8.99. The van der Waals surface area contributed by atoms with Gasteiger partial charge in [-0.2, -0.15) is 0 Å². The van der Waals surface area contributed by atoms with Crippen molar-refractivity contribution >= 4 is 30.7 Å². The van der Waals surface area contributed by atoms with Crippen LogP contribution >= 0.6 is 7.82 Å². The molecule has 1 saturated heterocycles. The Kier molecular flexibility index (Phi) is 6.79. The monoisotopic (exact) mass is 446 g/mol. The standard InChI is InChI=1S/C15H23N6O8P/c1-2-3-7(16)14(24)20-12-9-13(18-5-17-12)21(6-19-9)15-11(23)10(22)8(29-15)4-28-30(25,26)27/h5-8,10-11,15,22-23H,2-4,16H2,1H3,(H2,25,26,27)(H,17,18,20,24). The number of rotatable bonds is 8. The second-order valence-corrected chi connectivity index (χ2v) is 8.00. The molecule has 5 unspecified atom stereocenters. The summed E-state index contributed by atoms with van der Waals surface area (Å²) in [5, 5.41) is 23.1. The fraction of sp³-hybridized carbons (Fsp3) is 0.600. The number of anilines is 1. The number of aliphatic hydroxyl groups excluding tert-OH is 2. The average Bonchev–Trinajstić information content (AvgIpc) is 3.22. The normalized spacial score (nSPS) is 25.5. The first-order valence-electron chi connectivity index (χ1n) is 9.08. The number of ether oxygens (including phenoxy) is 1. The number of phosphoric ester groups is 1. The molecular weight excluding hydrogens is 423 g/mol. The van der Waals surface area contributed by atoms with Crippen LogP contribution in [0, 0.1) is 0 Å². The molecule has 166 valence electrons. The Hall–Kier alpha value is -2.03. The maximum absolute atomic E-state index is 12.2. The number of carbonyl (C=O) groups is 1. The highest BCUT2D eigenvalue weighted by atomic mass is 31.2. The number of imidazole rings is 1. The Balaban J connectivity index is 1.82. The molecule has 15 heteroatoms. The predicted molar refractivity (Wildman–Crippen MR) is 101 cm³/mol. The maximum atomic E-state index is 12.2. The van der Waals surface area contributed by atoms with Crippen LogP contribution in [0.4, 0.5) is 5.82 Å². The van der Waals surface area contributed by atoms with Crippen molar-refractivity contribution in [2.45, 2.75) is 50.3 Å². The lowest BCUT2D eigenvalue weighted by Gasteiger charge is -2.16. The molecule has 0 aliphatic carbocycles. The van der Waals surface area contributed by atoms with E-state index in [1.807, 2.05) is 6.92 Å². The highest BCUT2D eigenvalue weighted by molar-refractivity contribution is 7.46. The molecule has 3 rings (SSSR count). The van der Waals surface area contributed by atoms with E-state index in [4.69, 9.17) is 20.3 Å². The molecular formula is C15H23N6O8P. The topological polar surface area (TPSA) is 215 Å². The quantitative estimate of drug-likeness (QED) is 0.259. The van der Waals surface area contributed by atoms with Gasteiger partial charge in [-0.15, -0.1) is 0 Å². The number of aromatic nitrogens is 4. The smallest absolute Gasteiger partial charge is 0.387 e. The van der Waals surface area contributed by atoms with Crippen LogP contribution in [-0.2, 0) is 18.6 Å². The van der Waals surface area contributed by atoms with Gasteiger partial charge in [-0.3, -0.25) is 13.9 Å². The van der Waals surface area contributed by atoms with Crippen molar-refractivity contribution in [3.63, 3.8) is 0 Å². The summed E-state index contributed by atoms with van der Waals surface area (Å²) >= 11 is 0. The molecule has 1 aliphatic heterocycles. The SMILES string of the molecule is CCCC(N)C(=O)Nc1ncnc2c1ncn2C1OC(COP(=O)(O)O)C(O)C1O. The van der Waals surface area contributed by atoms with Crippen LogP contribution in [0.1, 0.15) is 26.0 Å². The Bertz CT molecular complexity index is 950. The summed E-state index contributed by atoms with van der Waals surface area (Å²) in [6, 6.07) is -0.716. The summed E-state index contributed by atoms with van der Waals surface area (Å²) in [4.78, 5) is 42.0. The van der Waals surface area contributed by atoms with Crippen LogP contribution in [0.25, 0.3) is 11.2 Å². The number of amides is 1. The molecule has 0 bridgehead atoms. The van der Waals surface area contributed by atoms with Crippen LogP contribution in [-0.4, -0.2) is 76.4 Å². The first-order valence-corrected chi connectivity index (χ1v) is 10.6. The van der Waals surface area contributed by atoms with Gasteiger partial charge in [0.15, 0.2) is 23.2 Å². The lowest BCUT2D eigenvalue weighted by molar-refractivity contribution is -0.117. The average molecular weight is 446 g/mol. The van der Waals surface area contributed by atoms with Gasteiger partial charge in [-0.1, -0.05) is 13.3 Å². The number of phosphoric acid groups is 1. The molecule has 2 aromatic rings. The van der Waals surface area contributed by atoms with E-state index in [0.29, 0.717) is 6.42 Å². The third-order valence-electron chi connectivity index (χ3n) is 4.56. The van der Waals surface area contributed by atoms with Crippen molar-refractivity contribution in [1.29, 1.82) is 0 Å². The summed E-state index contributed by atoms with van der Waals surface area (Å²) in [5.41, 5.74) is 6.20. The molecule has 14 nitrogen and oxygen atoms in total. The fourth-order valence-electron chi connectivity index (χ4n) is 3.05. The van der Waals surface area contributed by atoms with E-state index in [-0.39, 0.29) is 17.0 Å². The minimum absolute atomic E-state index is 0.115. The van der Waals surface area contributed by atoms with Gasteiger partial charge in [-0.25, -0.2) is 19.5 Å². The van der Waals surface area contributed by atoms with Crippen molar-refractivity contribution in [2.24, 2.45) is 5.73 Å². The Morgan fingerprint density at radius 2 is 2.10 bits per heavy atom. The van der Waals surface area contributed by atoms with Crippen LogP contribution in [0.2, 0.25) is 0 Å². The van der Waals surface area contributed by atoms with Crippen molar-refractivity contribution in [3.05, 3.63) is 12.7 Å². The van der Waals surface area contributed by atoms with Gasteiger partial charge in [0.2, 0.25) is 5.91 Å². The lowest BCUT2D eigenvalue weighted by atomic mass is 10.1. The molecule has 0 spiro atoms. The summed E-state index contributed by atoms with van der Waals surface area (Å²) in [6.45, 7) is 1.26. The minimum atomic E-state index is -4.78. The largest absolute Gasteiger partial charge is 0.469 e. The Labute approximate surface area is 170 Å². The van der Waals surface area contributed by atoms with E-state index in [0.717, 1.165) is 6.42 Å². The zero-order chi connectivity index (χ0) is 22.1. The van der Waals surface area contributed by atoms with Gasteiger partial charge < -0.3 is 35.8 Å². The number of hydrogen-bond donors (Lipinski definition) is 6. The van der Waals surface area contributed by atoms with E-state index in [1.165, 1.54) is 17.2 Å². The van der Waals surface area contributed by atoms with Gasteiger partial charge in [0.1, 0.15) is 24.6 Å². The maximum Gasteiger partial charge on any atom is 0.469 e. The van der Waals surface area contributed by atoms with Gasteiger partial charge >= 0.3 is 7.82 Å². The molecule has 1 amide bonds.